The maximum absolute atomic E-state index is 12.8. The Morgan fingerprint density at radius 2 is 2.06 bits per heavy atom. The van der Waals surface area contributed by atoms with Crippen LogP contribution in [-0.4, -0.2) is 30.7 Å². The highest BCUT2D eigenvalue weighted by molar-refractivity contribution is 5.65. The van der Waals surface area contributed by atoms with Gasteiger partial charge in [0.25, 0.3) is 0 Å². The molecule has 1 fully saturated rings. The molecule has 1 aromatic rings. The molecular formula is C12H14FN3. The minimum atomic E-state index is -0.193. The fourth-order valence-corrected chi connectivity index (χ4v) is 2.18. The van der Waals surface area contributed by atoms with Gasteiger partial charge in [-0.25, -0.2) is 4.39 Å². The molecule has 0 spiro atoms. The number of fused-ring (bicyclic) bond motifs is 1. The first-order valence-corrected chi connectivity index (χ1v) is 5.54. The van der Waals surface area contributed by atoms with E-state index in [1.807, 2.05) is 0 Å². The highest BCUT2D eigenvalue weighted by atomic mass is 19.1. The van der Waals surface area contributed by atoms with Crippen molar-refractivity contribution in [1.82, 2.24) is 15.5 Å². The van der Waals surface area contributed by atoms with E-state index in [0.717, 1.165) is 30.9 Å². The van der Waals surface area contributed by atoms with Crippen LogP contribution >= 0.6 is 0 Å². The zero-order chi connectivity index (χ0) is 11.0. The maximum Gasteiger partial charge on any atom is 0.123 e. The van der Waals surface area contributed by atoms with Crippen LogP contribution in [0, 0.1) is 5.82 Å². The van der Waals surface area contributed by atoms with E-state index in [-0.39, 0.29) is 5.82 Å². The van der Waals surface area contributed by atoms with Crippen molar-refractivity contribution in [2.75, 3.05) is 19.6 Å². The van der Waals surface area contributed by atoms with Gasteiger partial charge in [-0.15, -0.1) is 0 Å². The molecule has 0 amide bonds. The Kier molecular flexibility index (Phi) is 2.29. The quantitative estimate of drug-likeness (QED) is 0.736. The van der Waals surface area contributed by atoms with Gasteiger partial charge in [0.15, 0.2) is 0 Å². The van der Waals surface area contributed by atoms with E-state index in [0.29, 0.717) is 6.17 Å². The Morgan fingerprint density at radius 3 is 2.81 bits per heavy atom. The summed E-state index contributed by atoms with van der Waals surface area (Å²) in [5.74, 6) is -0.193. The molecule has 2 heterocycles. The third kappa shape index (κ3) is 1.65. The van der Waals surface area contributed by atoms with Crippen molar-refractivity contribution in [3.05, 3.63) is 41.8 Å². The molecule has 2 aliphatic rings. The van der Waals surface area contributed by atoms with Gasteiger partial charge in [0.2, 0.25) is 0 Å². The van der Waals surface area contributed by atoms with Crippen LogP contribution in [0.3, 0.4) is 0 Å². The highest BCUT2D eigenvalue weighted by Crippen LogP contribution is 2.21. The first-order valence-electron chi connectivity index (χ1n) is 5.54. The van der Waals surface area contributed by atoms with Crippen molar-refractivity contribution in [1.29, 1.82) is 0 Å². The Labute approximate surface area is 93.9 Å². The monoisotopic (exact) mass is 219 g/mol. The van der Waals surface area contributed by atoms with E-state index in [9.17, 15) is 4.39 Å². The number of nitrogens with zero attached hydrogens (tertiary/aromatic N) is 1. The van der Waals surface area contributed by atoms with Gasteiger partial charge in [0.1, 0.15) is 12.0 Å². The third-order valence-corrected chi connectivity index (χ3v) is 3.06. The van der Waals surface area contributed by atoms with Gasteiger partial charge < -0.3 is 15.5 Å². The van der Waals surface area contributed by atoms with Gasteiger partial charge in [0, 0.05) is 25.8 Å². The van der Waals surface area contributed by atoms with Gasteiger partial charge >= 0.3 is 0 Å². The van der Waals surface area contributed by atoms with E-state index in [1.165, 1.54) is 12.1 Å². The molecule has 0 bridgehead atoms. The molecule has 1 aromatic carbocycles. The van der Waals surface area contributed by atoms with Crippen LogP contribution in [0.25, 0.3) is 5.70 Å². The van der Waals surface area contributed by atoms with Gasteiger partial charge in [-0.1, -0.05) is 0 Å². The third-order valence-electron chi connectivity index (χ3n) is 3.06. The van der Waals surface area contributed by atoms with Crippen LogP contribution in [0.15, 0.2) is 30.5 Å². The molecule has 0 saturated carbocycles. The first kappa shape index (κ1) is 9.66. The van der Waals surface area contributed by atoms with Gasteiger partial charge in [0.05, 0.1) is 5.70 Å². The lowest BCUT2D eigenvalue weighted by atomic mass is 10.2. The molecule has 0 aliphatic carbocycles. The maximum atomic E-state index is 12.8. The molecule has 2 aliphatic heterocycles. The van der Waals surface area contributed by atoms with Gasteiger partial charge in [-0.2, -0.15) is 0 Å². The summed E-state index contributed by atoms with van der Waals surface area (Å²) >= 11 is 0. The predicted molar refractivity (Wildman–Crippen MR) is 60.9 cm³/mol. The summed E-state index contributed by atoms with van der Waals surface area (Å²) in [7, 11) is 0. The van der Waals surface area contributed by atoms with Gasteiger partial charge in [-0.05, 0) is 29.8 Å². The molecule has 1 atom stereocenters. The van der Waals surface area contributed by atoms with Crippen molar-refractivity contribution < 1.29 is 4.39 Å². The average Bonchev–Trinajstić information content (AvgIpc) is 2.73. The summed E-state index contributed by atoms with van der Waals surface area (Å²) in [5, 5.41) is 6.77. The predicted octanol–water partition coefficient (Wildman–Crippen LogP) is 0.959. The summed E-state index contributed by atoms with van der Waals surface area (Å²) in [6.07, 6.45) is 2.47. The number of benzene rings is 1. The Bertz CT molecular complexity index is 413. The second-order valence-corrected chi connectivity index (χ2v) is 4.15. The van der Waals surface area contributed by atoms with E-state index in [4.69, 9.17) is 0 Å². The van der Waals surface area contributed by atoms with E-state index < -0.39 is 0 Å². The minimum Gasteiger partial charge on any atom is -0.362 e. The fraction of sp³-hybridized carbons (Fsp3) is 0.333. The lowest BCUT2D eigenvalue weighted by molar-refractivity contribution is 0.232. The molecule has 16 heavy (non-hydrogen) atoms. The smallest absolute Gasteiger partial charge is 0.123 e. The summed E-state index contributed by atoms with van der Waals surface area (Å²) in [6.45, 7) is 2.98. The molecule has 0 radical (unpaired) electrons. The number of hydrogen-bond acceptors (Lipinski definition) is 3. The zero-order valence-electron chi connectivity index (χ0n) is 8.91. The Morgan fingerprint density at radius 1 is 1.25 bits per heavy atom. The molecule has 3 rings (SSSR count). The molecule has 4 heteroatoms. The molecule has 0 aromatic heterocycles. The Balaban J connectivity index is 1.83. The molecule has 3 nitrogen and oxygen atoms in total. The number of piperazine rings is 1. The summed E-state index contributed by atoms with van der Waals surface area (Å²) in [4.78, 5) is 2.29. The second-order valence-electron chi connectivity index (χ2n) is 4.15. The lowest BCUT2D eigenvalue weighted by Gasteiger charge is -2.30. The van der Waals surface area contributed by atoms with Crippen LogP contribution in [0.4, 0.5) is 4.39 Å². The van der Waals surface area contributed by atoms with Crippen molar-refractivity contribution in [2.24, 2.45) is 0 Å². The largest absolute Gasteiger partial charge is 0.362 e. The SMILES string of the molecule is Fc1ccc(C2=CN3CCNCC3N2)cc1. The number of rotatable bonds is 1. The van der Waals surface area contributed by atoms with Crippen molar-refractivity contribution in [3.8, 4) is 0 Å². The number of hydrogen-bond donors (Lipinski definition) is 2. The van der Waals surface area contributed by atoms with Crippen molar-refractivity contribution in [3.63, 3.8) is 0 Å². The zero-order valence-corrected chi connectivity index (χ0v) is 8.91. The summed E-state index contributed by atoms with van der Waals surface area (Å²) < 4.78 is 12.8. The first-order chi connectivity index (χ1) is 7.83. The molecule has 84 valence electrons. The summed E-state index contributed by atoms with van der Waals surface area (Å²) in [6, 6.07) is 6.60. The molecule has 1 saturated heterocycles. The second kappa shape index (κ2) is 3.79. The minimum absolute atomic E-state index is 0.193. The molecule has 2 N–H and O–H groups in total. The average molecular weight is 219 g/mol. The number of halogens is 1. The van der Waals surface area contributed by atoms with E-state index in [1.54, 1.807) is 12.1 Å². The van der Waals surface area contributed by atoms with E-state index in [2.05, 4.69) is 21.7 Å². The number of nitrogens with one attached hydrogen (secondary N) is 2. The normalized spacial score (nSPS) is 23.7. The molecule has 1 unspecified atom stereocenters. The van der Waals surface area contributed by atoms with Gasteiger partial charge in [-0.3, -0.25) is 0 Å². The highest BCUT2D eigenvalue weighted by Gasteiger charge is 2.26. The lowest BCUT2D eigenvalue weighted by Crippen LogP contribution is -2.51. The van der Waals surface area contributed by atoms with Crippen molar-refractivity contribution >= 4 is 5.70 Å². The molecular weight excluding hydrogens is 205 g/mol. The topological polar surface area (TPSA) is 27.3 Å². The van der Waals surface area contributed by atoms with E-state index >= 15 is 0 Å². The van der Waals surface area contributed by atoms with Crippen LogP contribution in [0.1, 0.15) is 5.56 Å². The summed E-state index contributed by atoms with van der Waals surface area (Å²) in [5.41, 5.74) is 2.12. The Hall–Kier alpha value is -1.55. The standard InChI is InChI=1S/C12H14FN3/c13-10-3-1-9(2-4-10)11-8-16-6-5-14-7-12(16)15-11/h1-4,8,12,14-15H,5-7H2. The van der Waals surface area contributed by atoms with Crippen LogP contribution in [-0.2, 0) is 0 Å². The van der Waals surface area contributed by atoms with Crippen LogP contribution in [0.2, 0.25) is 0 Å². The fourth-order valence-electron chi connectivity index (χ4n) is 2.18. The van der Waals surface area contributed by atoms with Crippen LogP contribution in [0.5, 0.6) is 0 Å². The van der Waals surface area contributed by atoms with Crippen LogP contribution < -0.4 is 10.6 Å². The van der Waals surface area contributed by atoms with Crippen molar-refractivity contribution in [2.45, 2.75) is 6.17 Å².